The predicted octanol–water partition coefficient (Wildman–Crippen LogP) is 4.46. The molecular weight excluding hydrogens is 432 g/mol. The Morgan fingerprint density at radius 1 is 1.03 bits per heavy atom. The number of nitrogens with zero attached hydrogens (tertiary/aromatic N) is 3. The van der Waals surface area contributed by atoms with Crippen molar-refractivity contribution < 1.29 is 0 Å². The molecule has 0 atom stereocenters. The van der Waals surface area contributed by atoms with Crippen LogP contribution in [0.4, 0.5) is 0 Å². The average molecular weight is 451 g/mol. The highest BCUT2D eigenvalue weighted by molar-refractivity contribution is 7.99. The zero-order valence-corrected chi connectivity index (χ0v) is 18.4. The van der Waals surface area contributed by atoms with Crippen molar-refractivity contribution >= 4 is 34.3 Å². The molecule has 1 N–H and O–H groups in total. The summed E-state index contributed by atoms with van der Waals surface area (Å²) >= 11 is 7.24. The lowest BCUT2D eigenvalue weighted by Gasteiger charge is -2.16. The van der Waals surface area contributed by atoms with Crippen molar-refractivity contribution in [1.29, 1.82) is 0 Å². The van der Waals surface area contributed by atoms with Crippen LogP contribution in [-0.4, -0.2) is 19.5 Å². The highest BCUT2D eigenvalue weighted by Crippen LogP contribution is 2.27. The third kappa shape index (κ3) is 3.79. The van der Waals surface area contributed by atoms with Crippen molar-refractivity contribution in [3.05, 3.63) is 85.1 Å². The molecule has 0 amide bonds. The van der Waals surface area contributed by atoms with E-state index in [4.69, 9.17) is 16.6 Å². The highest BCUT2D eigenvalue weighted by Gasteiger charge is 2.19. The van der Waals surface area contributed by atoms with Gasteiger partial charge in [-0.3, -0.25) is 14.2 Å². The maximum absolute atomic E-state index is 13.4. The molecule has 0 saturated heterocycles. The zero-order chi connectivity index (χ0) is 21.5. The first-order valence-electron chi connectivity index (χ1n) is 10.1. The lowest BCUT2D eigenvalue weighted by atomic mass is 10.0. The minimum Gasteiger partial charge on any atom is -0.322 e. The van der Waals surface area contributed by atoms with Gasteiger partial charge in [-0.25, -0.2) is 9.97 Å². The SMILES string of the molecule is Cc1ccc(-n2c(Sc3nc4c([nH]c3=O)CCCC4)nc3cc(Cl)ccc3c2=O)cc1. The van der Waals surface area contributed by atoms with Crippen LogP contribution < -0.4 is 11.1 Å². The van der Waals surface area contributed by atoms with Crippen LogP contribution in [0.1, 0.15) is 29.8 Å². The average Bonchev–Trinajstić information content (AvgIpc) is 2.75. The fourth-order valence-corrected chi connectivity index (χ4v) is 4.86. The van der Waals surface area contributed by atoms with Crippen LogP contribution in [0.25, 0.3) is 16.6 Å². The number of nitrogens with one attached hydrogen (secondary N) is 1. The van der Waals surface area contributed by atoms with Gasteiger partial charge in [0.15, 0.2) is 10.2 Å². The number of hydrogen-bond donors (Lipinski definition) is 1. The molecule has 4 aromatic rings. The first-order valence-corrected chi connectivity index (χ1v) is 11.3. The fourth-order valence-electron chi connectivity index (χ4n) is 3.80. The molecule has 0 radical (unpaired) electrons. The summed E-state index contributed by atoms with van der Waals surface area (Å²) in [5, 5.41) is 1.61. The second-order valence-electron chi connectivity index (χ2n) is 7.64. The second kappa shape index (κ2) is 7.98. The number of fused-ring (bicyclic) bond motifs is 2. The molecule has 1 aliphatic carbocycles. The van der Waals surface area contributed by atoms with E-state index in [1.807, 2.05) is 31.2 Å². The fraction of sp³-hybridized carbons (Fsp3) is 0.217. The van der Waals surface area contributed by atoms with Gasteiger partial charge in [0.25, 0.3) is 11.1 Å². The van der Waals surface area contributed by atoms with E-state index >= 15 is 0 Å². The summed E-state index contributed by atoms with van der Waals surface area (Å²) in [6.45, 7) is 1.99. The Morgan fingerprint density at radius 3 is 2.61 bits per heavy atom. The molecule has 6 nitrogen and oxygen atoms in total. The summed E-state index contributed by atoms with van der Waals surface area (Å²) < 4.78 is 1.53. The number of rotatable bonds is 3. The Kier molecular flexibility index (Phi) is 5.16. The van der Waals surface area contributed by atoms with Crippen molar-refractivity contribution in [2.24, 2.45) is 0 Å². The van der Waals surface area contributed by atoms with Gasteiger partial charge in [0, 0.05) is 10.7 Å². The summed E-state index contributed by atoms with van der Waals surface area (Å²) in [5.74, 6) is 0. The minimum atomic E-state index is -0.262. The number of aryl methyl sites for hydroxylation is 3. The van der Waals surface area contributed by atoms with Crippen LogP contribution in [-0.2, 0) is 12.8 Å². The number of benzene rings is 2. The van der Waals surface area contributed by atoms with Gasteiger partial charge >= 0.3 is 0 Å². The standard InChI is InChI=1S/C23H19ClN4O2S/c1-13-6-9-15(10-7-13)28-22(30)16-11-8-14(24)12-19(16)27-23(28)31-21-20(29)25-17-4-2-3-5-18(17)26-21/h6-12H,2-5H2,1H3,(H,25,29). The number of aromatic nitrogens is 4. The van der Waals surface area contributed by atoms with Gasteiger partial charge in [0.2, 0.25) is 0 Å². The molecule has 0 bridgehead atoms. The smallest absolute Gasteiger partial charge is 0.281 e. The van der Waals surface area contributed by atoms with Crippen molar-refractivity contribution in [3.8, 4) is 5.69 Å². The van der Waals surface area contributed by atoms with E-state index in [0.29, 0.717) is 26.8 Å². The number of H-pyrrole nitrogens is 1. The first-order chi connectivity index (χ1) is 15.0. The molecule has 0 saturated carbocycles. The predicted molar refractivity (Wildman–Crippen MR) is 123 cm³/mol. The van der Waals surface area contributed by atoms with Gasteiger partial charge in [0.1, 0.15) is 0 Å². The summed E-state index contributed by atoms with van der Waals surface area (Å²) in [6, 6.07) is 12.6. The normalized spacial score (nSPS) is 13.4. The maximum atomic E-state index is 13.4. The van der Waals surface area contributed by atoms with Gasteiger partial charge in [-0.1, -0.05) is 29.3 Å². The van der Waals surface area contributed by atoms with E-state index in [-0.39, 0.29) is 16.1 Å². The Balaban J connectivity index is 1.72. The summed E-state index contributed by atoms with van der Waals surface area (Å²) in [5.41, 5.74) is 3.59. The molecule has 2 aromatic carbocycles. The van der Waals surface area contributed by atoms with Gasteiger partial charge < -0.3 is 4.98 Å². The quantitative estimate of drug-likeness (QED) is 0.466. The Bertz CT molecular complexity index is 1430. The van der Waals surface area contributed by atoms with Gasteiger partial charge in [0.05, 0.1) is 22.3 Å². The largest absolute Gasteiger partial charge is 0.322 e. The lowest BCUT2D eigenvalue weighted by Crippen LogP contribution is -2.23. The Morgan fingerprint density at radius 2 is 1.81 bits per heavy atom. The first kappa shape index (κ1) is 20.0. The molecule has 0 fully saturated rings. The molecule has 2 aromatic heterocycles. The van der Waals surface area contributed by atoms with Crippen LogP contribution in [0, 0.1) is 6.92 Å². The van der Waals surface area contributed by atoms with Gasteiger partial charge in [-0.2, -0.15) is 0 Å². The van der Waals surface area contributed by atoms with E-state index in [0.717, 1.165) is 54.4 Å². The topological polar surface area (TPSA) is 80.6 Å². The van der Waals surface area contributed by atoms with E-state index in [1.54, 1.807) is 18.2 Å². The van der Waals surface area contributed by atoms with Crippen molar-refractivity contribution in [1.82, 2.24) is 19.5 Å². The zero-order valence-electron chi connectivity index (χ0n) is 16.8. The molecule has 5 rings (SSSR count). The number of aromatic amines is 1. The van der Waals surface area contributed by atoms with Crippen LogP contribution in [0.15, 0.2) is 62.2 Å². The molecule has 156 valence electrons. The molecule has 31 heavy (non-hydrogen) atoms. The highest BCUT2D eigenvalue weighted by atomic mass is 35.5. The number of halogens is 1. The summed E-state index contributed by atoms with van der Waals surface area (Å²) in [7, 11) is 0. The van der Waals surface area contributed by atoms with Crippen LogP contribution in [0.5, 0.6) is 0 Å². The third-order valence-corrected chi connectivity index (χ3v) is 6.58. The van der Waals surface area contributed by atoms with Crippen molar-refractivity contribution in [2.75, 3.05) is 0 Å². The minimum absolute atomic E-state index is 0.220. The van der Waals surface area contributed by atoms with Gasteiger partial charge in [-0.15, -0.1) is 0 Å². The monoisotopic (exact) mass is 450 g/mol. The van der Waals surface area contributed by atoms with E-state index in [2.05, 4.69) is 9.97 Å². The molecule has 1 aliphatic rings. The second-order valence-corrected chi connectivity index (χ2v) is 9.03. The van der Waals surface area contributed by atoms with E-state index < -0.39 is 0 Å². The molecule has 0 unspecified atom stereocenters. The Hall–Kier alpha value is -2.90. The van der Waals surface area contributed by atoms with Crippen molar-refractivity contribution in [2.45, 2.75) is 42.8 Å². The van der Waals surface area contributed by atoms with Gasteiger partial charge in [-0.05, 0) is 74.7 Å². The van der Waals surface area contributed by atoms with E-state index in [9.17, 15) is 9.59 Å². The summed E-state index contributed by atoms with van der Waals surface area (Å²) in [6.07, 6.45) is 3.78. The molecule has 0 aliphatic heterocycles. The lowest BCUT2D eigenvalue weighted by molar-refractivity contribution is 0.634. The van der Waals surface area contributed by atoms with E-state index in [1.165, 1.54) is 4.57 Å². The molecule has 0 spiro atoms. The molecular formula is C23H19ClN4O2S. The van der Waals surface area contributed by atoms with Crippen LogP contribution in [0.2, 0.25) is 5.02 Å². The number of hydrogen-bond acceptors (Lipinski definition) is 5. The van der Waals surface area contributed by atoms with Crippen molar-refractivity contribution in [3.63, 3.8) is 0 Å². The Labute approximate surface area is 187 Å². The molecule has 2 heterocycles. The van der Waals surface area contributed by atoms with Crippen LogP contribution in [0.3, 0.4) is 0 Å². The summed E-state index contributed by atoms with van der Waals surface area (Å²) in [4.78, 5) is 38.4. The molecule has 8 heteroatoms. The maximum Gasteiger partial charge on any atom is 0.281 e. The van der Waals surface area contributed by atoms with Crippen LogP contribution >= 0.6 is 23.4 Å². The third-order valence-electron chi connectivity index (χ3n) is 5.41.